The van der Waals surface area contributed by atoms with Crippen LogP contribution in [0, 0.1) is 5.92 Å². The summed E-state index contributed by atoms with van der Waals surface area (Å²) in [5.41, 5.74) is 1.09. The van der Waals surface area contributed by atoms with Gasteiger partial charge < -0.3 is 10.6 Å². The topological polar surface area (TPSA) is 41.1 Å². The van der Waals surface area contributed by atoms with Crippen LogP contribution in [0.1, 0.15) is 25.3 Å². The Hall–Kier alpha value is -1.06. The molecule has 0 saturated carbocycles. The van der Waals surface area contributed by atoms with Crippen LogP contribution in [0.15, 0.2) is 24.3 Å². The molecule has 2 rings (SSSR count). The highest BCUT2D eigenvalue weighted by molar-refractivity contribution is 6.31. The molecule has 2 N–H and O–H groups in total. The molecular formula is C15H21ClN2O. The Morgan fingerprint density at radius 2 is 2.26 bits per heavy atom. The molecule has 0 spiro atoms. The molecule has 19 heavy (non-hydrogen) atoms. The van der Waals surface area contributed by atoms with Crippen molar-refractivity contribution in [3.8, 4) is 0 Å². The molecule has 0 aliphatic carbocycles. The number of hydrogen-bond donors (Lipinski definition) is 2. The highest BCUT2D eigenvalue weighted by Gasteiger charge is 2.24. The van der Waals surface area contributed by atoms with Gasteiger partial charge in [0.1, 0.15) is 0 Å². The van der Waals surface area contributed by atoms with Crippen LogP contribution in [-0.4, -0.2) is 25.0 Å². The SMILES string of the molecule is C[C@H]1C[C@@H](C(=O)NCCc2ccccc2Cl)CCN1. The zero-order valence-corrected chi connectivity index (χ0v) is 12.0. The molecule has 0 bridgehead atoms. The van der Waals surface area contributed by atoms with Gasteiger partial charge in [-0.15, -0.1) is 0 Å². The molecule has 0 radical (unpaired) electrons. The van der Waals surface area contributed by atoms with E-state index in [2.05, 4.69) is 17.6 Å². The number of carbonyl (C=O) groups is 1. The minimum Gasteiger partial charge on any atom is -0.356 e. The smallest absolute Gasteiger partial charge is 0.223 e. The van der Waals surface area contributed by atoms with Gasteiger partial charge in [0.2, 0.25) is 5.91 Å². The van der Waals surface area contributed by atoms with E-state index < -0.39 is 0 Å². The normalized spacial score (nSPS) is 23.1. The molecule has 1 aromatic rings. The maximum Gasteiger partial charge on any atom is 0.223 e. The fourth-order valence-electron chi connectivity index (χ4n) is 2.54. The van der Waals surface area contributed by atoms with Crippen LogP contribution in [-0.2, 0) is 11.2 Å². The first-order valence-corrected chi connectivity index (χ1v) is 7.29. The van der Waals surface area contributed by atoms with E-state index in [1.165, 1.54) is 0 Å². The monoisotopic (exact) mass is 280 g/mol. The quantitative estimate of drug-likeness (QED) is 0.889. The molecule has 1 fully saturated rings. The van der Waals surface area contributed by atoms with Crippen molar-refractivity contribution in [2.45, 2.75) is 32.2 Å². The van der Waals surface area contributed by atoms with Crippen molar-refractivity contribution in [3.05, 3.63) is 34.9 Å². The third-order valence-electron chi connectivity index (χ3n) is 3.65. The van der Waals surface area contributed by atoms with E-state index in [-0.39, 0.29) is 11.8 Å². The van der Waals surface area contributed by atoms with Crippen LogP contribution in [0.3, 0.4) is 0 Å². The van der Waals surface area contributed by atoms with Gasteiger partial charge in [-0.25, -0.2) is 0 Å². The lowest BCUT2D eigenvalue weighted by Gasteiger charge is -2.27. The highest BCUT2D eigenvalue weighted by Crippen LogP contribution is 2.17. The van der Waals surface area contributed by atoms with Gasteiger partial charge in [-0.05, 0) is 44.4 Å². The van der Waals surface area contributed by atoms with Crippen molar-refractivity contribution in [2.24, 2.45) is 5.92 Å². The van der Waals surface area contributed by atoms with Gasteiger partial charge >= 0.3 is 0 Å². The Balaban J connectivity index is 1.76. The molecule has 3 nitrogen and oxygen atoms in total. The number of carbonyl (C=O) groups excluding carboxylic acids is 1. The van der Waals surface area contributed by atoms with E-state index in [4.69, 9.17) is 11.6 Å². The molecule has 0 unspecified atom stereocenters. The fraction of sp³-hybridized carbons (Fsp3) is 0.533. The number of hydrogen-bond acceptors (Lipinski definition) is 2. The molecule has 4 heteroatoms. The zero-order valence-electron chi connectivity index (χ0n) is 11.3. The van der Waals surface area contributed by atoms with Gasteiger partial charge in [-0.3, -0.25) is 4.79 Å². The predicted molar refractivity (Wildman–Crippen MR) is 78.4 cm³/mol. The lowest BCUT2D eigenvalue weighted by atomic mass is 9.92. The van der Waals surface area contributed by atoms with Crippen molar-refractivity contribution in [1.82, 2.24) is 10.6 Å². The molecule has 1 aromatic carbocycles. The third kappa shape index (κ3) is 4.22. The van der Waals surface area contributed by atoms with Crippen molar-refractivity contribution in [1.29, 1.82) is 0 Å². The average Bonchev–Trinajstić information content (AvgIpc) is 2.41. The fourth-order valence-corrected chi connectivity index (χ4v) is 2.77. The maximum atomic E-state index is 12.0. The van der Waals surface area contributed by atoms with E-state index >= 15 is 0 Å². The molecule has 0 aromatic heterocycles. The average molecular weight is 281 g/mol. The summed E-state index contributed by atoms with van der Waals surface area (Å²) in [6.45, 7) is 3.72. The Morgan fingerprint density at radius 3 is 3.00 bits per heavy atom. The summed E-state index contributed by atoms with van der Waals surface area (Å²) in [5, 5.41) is 7.15. The second kappa shape index (κ2) is 6.92. The summed E-state index contributed by atoms with van der Waals surface area (Å²) in [7, 11) is 0. The molecule has 1 aliphatic heterocycles. The molecule has 1 saturated heterocycles. The van der Waals surface area contributed by atoms with Crippen LogP contribution >= 0.6 is 11.6 Å². The van der Waals surface area contributed by atoms with Crippen molar-refractivity contribution in [2.75, 3.05) is 13.1 Å². The maximum absolute atomic E-state index is 12.0. The van der Waals surface area contributed by atoms with Gasteiger partial charge in [-0.1, -0.05) is 29.8 Å². The molecule has 2 atom stereocenters. The number of benzene rings is 1. The molecule has 104 valence electrons. The summed E-state index contributed by atoms with van der Waals surface area (Å²) >= 11 is 6.09. The number of amides is 1. The zero-order chi connectivity index (χ0) is 13.7. The van der Waals surface area contributed by atoms with Gasteiger partial charge in [0.25, 0.3) is 0 Å². The Kier molecular flexibility index (Phi) is 5.23. The van der Waals surface area contributed by atoms with Crippen LogP contribution in [0.4, 0.5) is 0 Å². The summed E-state index contributed by atoms with van der Waals surface area (Å²) in [6, 6.07) is 8.21. The molecule has 1 amide bonds. The number of nitrogens with one attached hydrogen (secondary N) is 2. The van der Waals surface area contributed by atoms with Crippen LogP contribution in [0.2, 0.25) is 5.02 Å². The summed E-state index contributed by atoms with van der Waals surface area (Å²) in [4.78, 5) is 12.0. The molecule has 1 aliphatic rings. The van der Waals surface area contributed by atoms with Gasteiger partial charge in [-0.2, -0.15) is 0 Å². The van der Waals surface area contributed by atoms with E-state index in [1.807, 2.05) is 24.3 Å². The predicted octanol–water partition coefficient (Wildman–Crippen LogP) is 2.39. The lowest BCUT2D eigenvalue weighted by Crippen LogP contribution is -2.42. The Labute approximate surface area is 119 Å². The Morgan fingerprint density at radius 1 is 1.47 bits per heavy atom. The highest BCUT2D eigenvalue weighted by atomic mass is 35.5. The summed E-state index contributed by atoms with van der Waals surface area (Å²) in [5.74, 6) is 0.336. The van der Waals surface area contributed by atoms with Crippen LogP contribution in [0.5, 0.6) is 0 Å². The summed E-state index contributed by atoms with van der Waals surface area (Å²) < 4.78 is 0. The van der Waals surface area contributed by atoms with Crippen LogP contribution < -0.4 is 10.6 Å². The van der Waals surface area contributed by atoms with E-state index in [1.54, 1.807) is 0 Å². The van der Waals surface area contributed by atoms with E-state index in [0.29, 0.717) is 12.6 Å². The van der Waals surface area contributed by atoms with Gasteiger partial charge in [0.15, 0.2) is 0 Å². The minimum absolute atomic E-state index is 0.155. The number of rotatable bonds is 4. The standard InChI is InChI=1S/C15H21ClN2O/c1-11-10-13(7-8-17-11)15(19)18-9-6-12-4-2-3-5-14(12)16/h2-5,11,13,17H,6-10H2,1H3,(H,18,19)/t11-,13-/m0/s1. The second-order valence-corrected chi connectivity index (χ2v) is 5.62. The van der Waals surface area contributed by atoms with Gasteiger partial charge in [0.05, 0.1) is 0 Å². The van der Waals surface area contributed by atoms with Crippen LogP contribution in [0.25, 0.3) is 0 Å². The first-order valence-electron chi connectivity index (χ1n) is 6.91. The van der Waals surface area contributed by atoms with Gasteiger partial charge in [0, 0.05) is 23.5 Å². The molecular weight excluding hydrogens is 260 g/mol. The van der Waals surface area contributed by atoms with Crippen molar-refractivity contribution >= 4 is 17.5 Å². The second-order valence-electron chi connectivity index (χ2n) is 5.21. The number of halogens is 1. The van der Waals surface area contributed by atoms with E-state index in [9.17, 15) is 4.79 Å². The Bertz CT molecular complexity index is 436. The van der Waals surface area contributed by atoms with Crippen molar-refractivity contribution < 1.29 is 4.79 Å². The molecule has 1 heterocycles. The first kappa shape index (κ1) is 14.4. The number of piperidine rings is 1. The largest absolute Gasteiger partial charge is 0.356 e. The van der Waals surface area contributed by atoms with Crippen molar-refractivity contribution in [3.63, 3.8) is 0 Å². The third-order valence-corrected chi connectivity index (χ3v) is 4.01. The van der Waals surface area contributed by atoms with E-state index in [0.717, 1.165) is 36.4 Å². The summed E-state index contributed by atoms with van der Waals surface area (Å²) in [6.07, 6.45) is 2.64. The minimum atomic E-state index is 0.155. The lowest BCUT2D eigenvalue weighted by molar-refractivity contribution is -0.126. The first-order chi connectivity index (χ1) is 9.16.